The lowest BCUT2D eigenvalue weighted by atomic mass is 10.2. The zero-order chi connectivity index (χ0) is 14.7. The molecule has 0 saturated carbocycles. The highest BCUT2D eigenvalue weighted by Crippen LogP contribution is 2.29. The molecule has 0 fully saturated rings. The topological polar surface area (TPSA) is 47.4 Å². The van der Waals surface area contributed by atoms with Gasteiger partial charge in [0.15, 0.2) is 0 Å². The smallest absolute Gasteiger partial charge is 0.226 e. The maximum atomic E-state index is 12.6. The van der Waals surface area contributed by atoms with Crippen molar-refractivity contribution in [3.63, 3.8) is 0 Å². The van der Waals surface area contributed by atoms with Gasteiger partial charge in [0, 0.05) is 6.54 Å². The van der Waals surface area contributed by atoms with Crippen molar-refractivity contribution in [2.75, 3.05) is 27.7 Å². The maximum absolute atomic E-state index is 12.6. The molecule has 2 aromatic rings. The van der Waals surface area contributed by atoms with Crippen LogP contribution in [0.5, 0.6) is 5.75 Å². The molecule has 0 saturated heterocycles. The van der Waals surface area contributed by atoms with E-state index in [1.807, 2.05) is 24.4 Å². The second kappa shape index (κ2) is 6.39. The van der Waals surface area contributed by atoms with E-state index in [1.54, 1.807) is 17.9 Å². The van der Waals surface area contributed by atoms with E-state index >= 15 is 0 Å². The summed E-state index contributed by atoms with van der Waals surface area (Å²) >= 11 is 7.45. The third-order valence-corrected chi connectivity index (χ3v) is 4.00. The highest BCUT2D eigenvalue weighted by atomic mass is 35.5. The van der Waals surface area contributed by atoms with Crippen LogP contribution in [0.25, 0.3) is 0 Å². The van der Waals surface area contributed by atoms with Crippen LogP contribution in [-0.2, 0) is 6.54 Å². The molecule has 7 heteroatoms. The maximum Gasteiger partial charge on any atom is 0.226 e. The second-order valence-electron chi connectivity index (χ2n) is 4.51. The van der Waals surface area contributed by atoms with Gasteiger partial charge < -0.3 is 9.64 Å². The SMILES string of the molecule is COc1ccsc1C(=O)c1c(Cl)cnn1CCN(C)C. The van der Waals surface area contributed by atoms with Crippen molar-refractivity contribution in [3.8, 4) is 5.75 Å². The van der Waals surface area contributed by atoms with Crippen LogP contribution >= 0.6 is 22.9 Å². The minimum atomic E-state index is -0.155. The van der Waals surface area contributed by atoms with Crippen molar-refractivity contribution >= 4 is 28.7 Å². The number of likely N-dealkylation sites (N-methyl/N-ethyl adjacent to an activating group) is 1. The summed E-state index contributed by atoms with van der Waals surface area (Å²) in [5, 5.41) is 6.36. The Balaban J connectivity index is 2.32. The molecule has 0 spiro atoms. The lowest BCUT2D eigenvalue weighted by molar-refractivity contribution is 0.102. The van der Waals surface area contributed by atoms with Crippen molar-refractivity contribution < 1.29 is 9.53 Å². The van der Waals surface area contributed by atoms with Crippen LogP contribution < -0.4 is 4.74 Å². The Bertz CT molecular complexity index is 607. The largest absolute Gasteiger partial charge is 0.495 e. The fraction of sp³-hybridized carbons (Fsp3) is 0.385. The Labute approximate surface area is 126 Å². The molecule has 0 aliphatic carbocycles. The van der Waals surface area contributed by atoms with Gasteiger partial charge in [-0.1, -0.05) is 11.6 Å². The van der Waals surface area contributed by atoms with Crippen LogP contribution in [0.2, 0.25) is 5.02 Å². The number of methoxy groups -OCH3 is 1. The van der Waals surface area contributed by atoms with E-state index in [4.69, 9.17) is 16.3 Å². The van der Waals surface area contributed by atoms with Crippen LogP contribution in [-0.4, -0.2) is 48.2 Å². The second-order valence-corrected chi connectivity index (χ2v) is 5.84. The van der Waals surface area contributed by atoms with Gasteiger partial charge in [-0.05, 0) is 25.5 Å². The van der Waals surface area contributed by atoms with Gasteiger partial charge >= 0.3 is 0 Å². The van der Waals surface area contributed by atoms with E-state index in [9.17, 15) is 4.79 Å². The predicted molar refractivity (Wildman–Crippen MR) is 80.1 cm³/mol. The minimum Gasteiger partial charge on any atom is -0.495 e. The summed E-state index contributed by atoms with van der Waals surface area (Å²) in [6.45, 7) is 1.38. The molecule has 0 unspecified atom stereocenters. The van der Waals surface area contributed by atoms with E-state index in [1.165, 1.54) is 17.5 Å². The summed E-state index contributed by atoms with van der Waals surface area (Å²) < 4.78 is 6.83. The molecular formula is C13H16ClN3O2S. The van der Waals surface area contributed by atoms with Gasteiger partial charge in [0.2, 0.25) is 5.78 Å². The summed E-state index contributed by atoms with van der Waals surface area (Å²) in [6, 6.07) is 1.77. The Hall–Kier alpha value is -1.37. The molecule has 2 heterocycles. The van der Waals surface area contributed by atoms with Crippen molar-refractivity contribution in [1.82, 2.24) is 14.7 Å². The van der Waals surface area contributed by atoms with Gasteiger partial charge in [0.1, 0.15) is 16.3 Å². The standard InChI is InChI=1S/C13H16ClN3O2S/c1-16(2)5-6-17-11(9(14)8-15-17)12(18)13-10(19-3)4-7-20-13/h4,7-8H,5-6H2,1-3H3. The van der Waals surface area contributed by atoms with Gasteiger partial charge in [0.05, 0.1) is 24.9 Å². The van der Waals surface area contributed by atoms with E-state index in [2.05, 4.69) is 5.10 Å². The van der Waals surface area contributed by atoms with Crippen molar-refractivity contribution in [1.29, 1.82) is 0 Å². The molecule has 0 amide bonds. The normalized spacial score (nSPS) is 11.1. The van der Waals surface area contributed by atoms with Gasteiger partial charge in [-0.15, -0.1) is 11.3 Å². The van der Waals surface area contributed by atoms with Gasteiger partial charge in [0.25, 0.3) is 0 Å². The first-order valence-electron chi connectivity index (χ1n) is 6.06. The van der Waals surface area contributed by atoms with Crippen molar-refractivity contribution in [3.05, 3.63) is 33.2 Å². The molecule has 0 aliphatic rings. The number of hydrogen-bond donors (Lipinski definition) is 0. The number of carbonyl (C=O) groups excluding carboxylic acids is 1. The highest BCUT2D eigenvalue weighted by molar-refractivity contribution is 7.12. The molecule has 5 nitrogen and oxygen atoms in total. The molecule has 108 valence electrons. The zero-order valence-corrected chi connectivity index (χ0v) is 13.2. The number of nitrogens with zero attached hydrogens (tertiary/aromatic N) is 3. The quantitative estimate of drug-likeness (QED) is 0.768. The highest BCUT2D eigenvalue weighted by Gasteiger charge is 2.23. The van der Waals surface area contributed by atoms with Crippen LogP contribution in [0.3, 0.4) is 0 Å². The summed E-state index contributed by atoms with van der Waals surface area (Å²) in [5.74, 6) is 0.412. The molecule has 20 heavy (non-hydrogen) atoms. The summed E-state index contributed by atoms with van der Waals surface area (Å²) in [4.78, 5) is 15.2. The molecule has 0 N–H and O–H groups in total. The van der Waals surface area contributed by atoms with E-state index in [0.29, 0.717) is 27.9 Å². The predicted octanol–water partition coefficient (Wildman–Crippen LogP) is 2.40. The van der Waals surface area contributed by atoms with E-state index < -0.39 is 0 Å². The summed E-state index contributed by atoms with van der Waals surface area (Å²) in [5.41, 5.74) is 0.411. The third-order valence-electron chi connectivity index (χ3n) is 2.82. The van der Waals surface area contributed by atoms with Crippen molar-refractivity contribution in [2.45, 2.75) is 6.54 Å². The molecule has 0 atom stereocenters. The molecule has 0 aliphatic heterocycles. The number of carbonyl (C=O) groups is 1. The number of hydrogen-bond acceptors (Lipinski definition) is 5. The molecular weight excluding hydrogens is 298 g/mol. The number of aromatic nitrogens is 2. The number of rotatable bonds is 6. The Morgan fingerprint density at radius 2 is 2.30 bits per heavy atom. The Morgan fingerprint density at radius 1 is 1.55 bits per heavy atom. The summed E-state index contributed by atoms with van der Waals surface area (Å²) in [7, 11) is 5.48. The van der Waals surface area contributed by atoms with E-state index in [0.717, 1.165) is 6.54 Å². The van der Waals surface area contributed by atoms with Crippen molar-refractivity contribution in [2.24, 2.45) is 0 Å². The molecule has 2 rings (SSSR count). The molecule has 2 aromatic heterocycles. The van der Waals surface area contributed by atoms with Crippen LogP contribution in [0.1, 0.15) is 15.4 Å². The van der Waals surface area contributed by atoms with Gasteiger partial charge in [-0.2, -0.15) is 5.10 Å². The number of ether oxygens (including phenoxy) is 1. The number of halogens is 1. The van der Waals surface area contributed by atoms with Gasteiger partial charge in [-0.3, -0.25) is 9.48 Å². The average Bonchev–Trinajstić information content (AvgIpc) is 3.01. The fourth-order valence-electron chi connectivity index (χ4n) is 1.78. The first-order valence-corrected chi connectivity index (χ1v) is 7.32. The lowest BCUT2D eigenvalue weighted by Crippen LogP contribution is -2.21. The number of ketones is 1. The fourth-order valence-corrected chi connectivity index (χ4v) is 2.81. The van der Waals surface area contributed by atoms with Crippen LogP contribution in [0.4, 0.5) is 0 Å². The van der Waals surface area contributed by atoms with E-state index in [-0.39, 0.29) is 5.78 Å². The monoisotopic (exact) mass is 313 g/mol. The molecule has 0 bridgehead atoms. The summed E-state index contributed by atoms with van der Waals surface area (Å²) in [6.07, 6.45) is 1.50. The third kappa shape index (κ3) is 3.03. The molecule has 0 aromatic carbocycles. The zero-order valence-electron chi connectivity index (χ0n) is 11.6. The number of thiophene rings is 1. The first kappa shape index (κ1) is 15.0. The lowest BCUT2D eigenvalue weighted by Gasteiger charge is -2.11. The van der Waals surface area contributed by atoms with Gasteiger partial charge in [-0.25, -0.2) is 0 Å². The first-order chi connectivity index (χ1) is 9.54. The Kier molecular flexibility index (Phi) is 4.80. The van der Waals surface area contributed by atoms with Crippen LogP contribution in [0, 0.1) is 0 Å². The Morgan fingerprint density at radius 3 is 2.95 bits per heavy atom. The average molecular weight is 314 g/mol. The van der Waals surface area contributed by atoms with Crippen LogP contribution in [0.15, 0.2) is 17.6 Å². The minimum absolute atomic E-state index is 0.155. The molecule has 0 radical (unpaired) electrons.